The van der Waals surface area contributed by atoms with Gasteiger partial charge in [-0.2, -0.15) is 0 Å². The first-order valence-electron chi connectivity index (χ1n) is 6.31. The number of carboxylic acid groups (broad SMARTS) is 1. The van der Waals surface area contributed by atoms with Crippen molar-refractivity contribution in [3.8, 4) is 0 Å². The predicted octanol–water partition coefficient (Wildman–Crippen LogP) is 1.99. The molecule has 0 heterocycles. The number of unbranched alkanes of at least 4 members (excludes halogenated alkanes) is 2. The van der Waals surface area contributed by atoms with Crippen LogP contribution in [0.1, 0.15) is 32.6 Å². The monoisotopic (exact) mass is 291 g/mol. The number of carbonyl (C=O) groups excluding carboxylic acids is 1. The van der Waals surface area contributed by atoms with Crippen molar-refractivity contribution >= 4 is 12.1 Å². The summed E-state index contributed by atoms with van der Waals surface area (Å²) < 4.78 is 8.99. The maximum Gasteiger partial charge on any atom is 0.511 e. The van der Waals surface area contributed by atoms with Gasteiger partial charge in [-0.3, -0.25) is 9.80 Å². The van der Waals surface area contributed by atoms with Gasteiger partial charge >= 0.3 is 12.1 Å². The first kappa shape index (κ1) is 17.9. The lowest BCUT2D eigenvalue weighted by atomic mass is 10.2. The van der Waals surface area contributed by atoms with Gasteiger partial charge in [-0.1, -0.05) is 6.42 Å². The maximum atomic E-state index is 10.7. The number of hydrogen-bond donors (Lipinski definition) is 1. The molecule has 0 rings (SSSR count). The highest BCUT2D eigenvalue weighted by Gasteiger charge is 2.01. The molecule has 20 heavy (non-hydrogen) atoms. The fourth-order valence-electron chi connectivity index (χ4n) is 1.18. The van der Waals surface area contributed by atoms with Crippen LogP contribution in [0.2, 0.25) is 0 Å². The smallest absolute Gasteiger partial charge is 0.481 e. The number of rotatable bonds is 11. The van der Waals surface area contributed by atoms with Crippen molar-refractivity contribution in [1.82, 2.24) is 5.01 Å². The molecule has 0 aliphatic carbocycles. The Hall–Kier alpha value is -2.06. The average molecular weight is 291 g/mol. The van der Waals surface area contributed by atoms with Crippen LogP contribution in [0.5, 0.6) is 0 Å². The van der Waals surface area contributed by atoms with Gasteiger partial charge in [0.25, 0.3) is 6.79 Å². The Kier molecular flexibility index (Phi) is 10.8. The van der Waals surface area contributed by atoms with E-state index in [1.165, 1.54) is 0 Å². The summed E-state index contributed by atoms with van der Waals surface area (Å²) in [5.41, 5.74) is 0. The molecule has 0 aliphatic rings. The first-order valence-corrected chi connectivity index (χ1v) is 6.31. The summed E-state index contributed by atoms with van der Waals surface area (Å²) in [5.74, 6) is -0.784. The van der Waals surface area contributed by atoms with Gasteiger partial charge in [0.1, 0.15) is 0 Å². The number of hydrogen-bond acceptors (Lipinski definition) is 7. The van der Waals surface area contributed by atoms with Crippen LogP contribution >= 0.6 is 0 Å². The second-order valence-electron chi connectivity index (χ2n) is 3.83. The van der Waals surface area contributed by atoms with Crippen LogP contribution in [0.25, 0.3) is 0 Å². The van der Waals surface area contributed by atoms with Crippen molar-refractivity contribution in [2.24, 2.45) is 10.5 Å². The molecule has 9 heteroatoms. The molecule has 0 aromatic rings. The van der Waals surface area contributed by atoms with Gasteiger partial charge < -0.3 is 19.4 Å². The molecule has 0 fully saturated rings. The Bertz CT molecular complexity index is 311. The first-order chi connectivity index (χ1) is 9.56. The van der Waals surface area contributed by atoms with Gasteiger partial charge in [-0.15, -0.1) is 0 Å². The van der Waals surface area contributed by atoms with Crippen LogP contribution in [-0.2, 0) is 19.1 Å². The van der Waals surface area contributed by atoms with E-state index in [0.717, 1.165) is 12.8 Å². The summed E-state index contributed by atoms with van der Waals surface area (Å²) in [4.78, 5) is 25.6. The molecule has 0 aromatic heterocycles. The van der Waals surface area contributed by atoms with E-state index in [-0.39, 0.29) is 19.8 Å². The Balaban J connectivity index is 3.46. The van der Waals surface area contributed by atoms with Gasteiger partial charge in [0.2, 0.25) is 0 Å². The molecule has 0 radical (unpaired) electrons. The van der Waals surface area contributed by atoms with Crippen LogP contribution < -0.4 is 0 Å². The Morgan fingerprint density at radius 1 is 1.20 bits per heavy atom. The lowest BCUT2D eigenvalue weighted by molar-refractivity contribution is -0.137. The van der Waals surface area contributed by atoms with Crippen molar-refractivity contribution in [3.63, 3.8) is 0 Å². The van der Waals surface area contributed by atoms with E-state index in [4.69, 9.17) is 5.11 Å². The van der Waals surface area contributed by atoms with E-state index in [1.807, 2.05) is 0 Å². The summed E-state index contributed by atoms with van der Waals surface area (Å²) in [7, 11) is 1.70. The minimum Gasteiger partial charge on any atom is -0.481 e. The van der Waals surface area contributed by atoms with Crippen LogP contribution in [0, 0.1) is 0 Å². The molecule has 9 nitrogen and oxygen atoms in total. The van der Waals surface area contributed by atoms with Crippen molar-refractivity contribution in [2.45, 2.75) is 32.6 Å². The van der Waals surface area contributed by atoms with Crippen LogP contribution in [0.15, 0.2) is 10.5 Å². The third kappa shape index (κ3) is 12.4. The molecule has 0 bridgehead atoms. The van der Waals surface area contributed by atoms with Gasteiger partial charge in [-0.25, -0.2) is 4.79 Å². The van der Waals surface area contributed by atoms with E-state index < -0.39 is 12.1 Å². The topological polar surface area (TPSA) is 110 Å². The molecule has 0 unspecified atom stereocenters. The van der Waals surface area contributed by atoms with Crippen LogP contribution in [0.4, 0.5) is 4.79 Å². The van der Waals surface area contributed by atoms with Crippen molar-refractivity contribution in [1.29, 1.82) is 0 Å². The van der Waals surface area contributed by atoms with E-state index in [0.29, 0.717) is 13.0 Å². The normalized spacial score (nSPS) is 10.3. The fraction of sp³-hybridized carbons (Fsp3) is 0.818. The van der Waals surface area contributed by atoms with Crippen molar-refractivity contribution in [3.05, 3.63) is 0 Å². The SMILES string of the molecule is CCOC(=O)OCO/N=N\N(C)CCCCCC(=O)O. The molecule has 116 valence electrons. The van der Waals surface area contributed by atoms with Crippen molar-refractivity contribution in [2.75, 3.05) is 27.0 Å². The second kappa shape index (κ2) is 12.0. The Morgan fingerprint density at radius 3 is 2.60 bits per heavy atom. The molecule has 1 N–H and O–H groups in total. The number of carbonyl (C=O) groups is 2. The minimum atomic E-state index is -0.825. The van der Waals surface area contributed by atoms with Gasteiger partial charge in [0.05, 0.1) is 6.61 Å². The van der Waals surface area contributed by atoms with Gasteiger partial charge in [0, 0.05) is 25.3 Å². The molecular weight excluding hydrogens is 270 g/mol. The summed E-state index contributed by atoms with van der Waals surface area (Å²) in [6, 6.07) is 0. The van der Waals surface area contributed by atoms with Gasteiger partial charge in [-0.05, 0) is 25.0 Å². The second-order valence-corrected chi connectivity index (χ2v) is 3.83. The van der Waals surface area contributed by atoms with E-state index in [9.17, 15) is 9.59 Å². The molecule has 0 aromatic carbocycles. The Morgan fingerprint density at radius 2 is 1.95 bits per heavy atom. The average Bonchev–Trinajstić information content (AvgIpc) is 2.38. The quantitative estimate of drug-likeness (QED) is 0.204. The molecule has 0 saturated heterocycles. The zero-order valence-electron chi connectivity index (χ0n) is 11.8. The summed E-state index contributed by atoms with van der Waals surface area (Å²) in [5, 5.41) is 17.0. The number of nitrogens with zero attached hydrogens (tertiary/aromatic N) is 3. The standard InChI is InChI=1S/C11H21N3O6/c1-3-18-11(17)19-9-20-13-12-14(2)8-6-4-5-7-10(15)16/h3-9H2,1-2H3,(H,15,16)/b13-12-. The third-order valence-corrected chi connectivity index (χ3v) is 2.11. The summed E-state index contributed by atoms with van der Waals surface area (Å²) in [6.45, 7) is 2.15. The molecule has 0 saturated carbocycles. The fourth-order valence-corrected chi connectivity index (χ4v) is 1.18. The van der Waals surface area contributed by atoms with E-state index in [1.54, 1.807) is 19.0 Å². The van der Waals surface area contributed by atoms with Crippen LogP contribution in [-0.4, -0.2) is 49.2 Å². The third-order valence-electron chi connectivity index (χ3n) is 2.11. The molecule has 0 aliphatic heterocycles. The molecule has 0 spiro atoms. The van der Waals surface area contributed by atoms with Crippen LogP contribution in [0.3, 0.4) is 0 Å². The molecular formula is C11H21N3O6. The maximum absolute atomic E-state index is 10.7. The summed E-state index contributed by atoms with van der Waals surface area (Å²) >= 11 is 0. The lowest BCUT2D eigenvalue weighted by Gasteiger charge is -2.09. The highest BCUT2D eigenvalue weighted by molar-refractivity contribution is 5.66. The van der Waals surface area contributed by atoms with E-state index >= 15 is 0 Å². The number of ether oxygens (including phenoxy) is 2. The Labute approximate surface area is 117 Å². The van der Waals surface area contributed by atoms with Crippen molar-refractivity contribution < 1.29 is 29.0 Å². The zero-order chi connectivity index (χ0) is 15.2. The highest BCUT2D eigenvalue weighted by Crippen LogP contribution is 2.01. The number of carboxylic acids is 1. The van der Waals surface area contributed by atoms with Gasteiger partial charge in [0.15, 0.2) is 0 Å². The number of aliphatic carboxylic acids is 1. The highest BCUT2D eigenvalue weighted by atomic mass is 16.8. The van der Waals surface area contributed by atoms with E-state index in [2.05, 4.69) is 24.8 Å². The zero-order valence-corrected chi connectivity index (χ0v) is 11.8. The lowest BCUT2D eigenvalue weighted by Crippen LogP contribution is -2.12. The largest absolute Gasteiger partial charge is 0.511 e. The summed E-state index contributed by atoms with van der Waals surface area (Å²) in [6.07, 6.45) is 1.61. The molecule has 0 atom stereocenters. The minimum absolute atomic E-state index is 0.180. The predicted molar refractivity (Wildman–Crippen MR) is 67.6 cm³/mol. The molecule has 0 amide bonds.